The van der Waals surface area contributed by atoms with E-state index in [1.807, 2.05) is 26.0 Å². The monoisotopic (exact) mass is 261 g/mol. The number of amides is 2. The summed E-state index contributed by atoms with van der Waals surface area (Å²) in [4.78, 5) is 23.8. The Balaban J connectivity index is 2.51. The maximum atomic E-state index is 11.9. The summed E-state index contributed by atoms with van der Waals surface area (Å²) in [6.45, 7) is 3.66. The van der Waals surface area contributed by atoms with Gasteiger partial charge >= 0.3 is 0 Å². The molecule has 2 rings (SSSR count). The number of rotatable bonds is 0. The van der Waals surface area contributed by atoms with Crippen LogP contribution in [-0.4, -0.2) is 24.0 Å². The third-order valence-corrected chi connectivity index (χ3v) is 3.98. The number of nitrogens with zero attached hydrogens (tertiary/aromatic N) is 2. The molecule has 19 heavy (non-hydrogen) atoms. The Morgan fingerprint density at radius 3 is 1.89 bits per heavy atom. The third kappa shape index (κ3) is 1.98. The van der Waals surface area contributed by atoms with Gasteiger partial charge in [0.2, 0.25) is 11.8 Å². The molecule has 6 heteroatoms. The molecule has 2 aliphatic heterocycles. The molecular formula is C13H15N3O3. The number of nitriles is 2. The second-order valence-electron chi connectivity index (χ2n) is 5.38. The van der Waals surface area contributed by atoms with Gasteiger partial charge in [0, 0.05) is 5.41 Å². The van der Waals surface area contributed by atoms with E-state index >= 15 is 0 Å². The molecule has 2 saturated heterocycles. The van der Waals surface area contributed by atoms with Gasteiger partial charge in [-0.25, -0.2) is 0 Å². The Morgan fingerprint density at radius 2 is 1.53 bits per heavy atom. The quantitative estimate of drug-likeness (QED) is 0.639. The van der Waals surface area contributed by atoms with Crippen molar-refractivity contribution in [2.45, 2.75) is 38.9 Å². The molecule has 2 amide bonds. The summed E-state index contributed by atoms with van der Waals surface area (Å²) in [6.07, 6.45) is 0.364. The first-order chi connectivity index (χ1) is 8.94. The van der Waals surface area contributed by atoms with E-state index in [-0.39, 0.29) is 12.2 Å². The van der Waals surface area contributed by atoms with Crippen molar-refractivity contribution in [1.82, 2.24) is 5.32 Å². The fraction of sp³-hybridized carbons (Fsp3) is 0.692. The molecule has 0 aromatic heterocycles. The number of ether oxygens (including phenoxy) is 1. The molecule has 6 nitrogen and oxygen atoms in total. The van der Waals surface area contributed by atoms with Crippen molar-refractivity contribution in [1.29, 1.82) is 10.5 Å². The number of hydrogen-bond acceptors (Lipinski definition) is 5. The van der Waals surface area contributed by atoms with E-state index in [1.54, 1.807) is 0 Å². The van der Waals surface area contributed by atoms with Crippen molar-refractivity contribution in [3.05, 3.63) is 0 Å². The van der Waals surface area contributed by atoms with Gasteiger partial charge in [-0.15, -0.1) is 0 Å². The molecule has 0 saturated carbocycles. The lowest BCUT2D eigenvalue weighted by Gasteiger charge is -2.48. The molecule has 2 fully saturated rings. The molecule has 0 aromatic rings. The average Bonchev–Trinajstić information content (AvgIpc) is 2.27. The molecule has 1 spiro atoms. The van der Waals surface area contributed by atoms with Gasteiger partial charge < -0.3 is 4.74 Å². The summed E-state index contributed by atoms with van der Waals surface area (Å²) in [5.41, 5.74) is -0.931. The van der Waals surface area contributed by atoms with E-state index in [9.17, 15) is 20.1 Å². The van der Waals surface area contributed by atoms with Crippen molar-refractivity contribution in [2.75, 3.05) is 0 Å². The summed E-state index contributed by atoms with van der Waals surface area (Å²) < 4.78 is 5.61. The Kier molecular flexibility index (Phi) is 3.30. The smallest absolute Gasteiger partial charge is 0.244 e. The maximum Gasteiger partial charge on any atom is 0.244 e. The highest BCUT2D eigenvalue weighted by Gasteiger charge is 2.58. The average molecular weight is 261 g/mol. The Morgan fingerprint density at radius 1 is 1.11 bits per heavy atom. The molecule has 2 heterocycles. The van der Waals surface area contributed by atoms with Gasteiger partial charge in [0.25, 0.3) is 0 Å². The van der Waals surface area contributed by atoms with Crippen LogP contribution in [0.1, 0.15) is 26.7 Å². The van der Waals surface area contributed by atoms with Crippen molar-refractivity contribution in [3.8, 4) is 12.1 Å². The van der Waals surface area contributed by atoms with Crippen molar-refractivity contribution in [3.63, 3.8) is 0 Å². The van der Waals surface area contributed by atoms with E-state index in [0.717, 1.165) is 0 Å². The van der Waals surface area contributed by atoms with Crippen LogP contribution in [-0.2, 0) is 14.3 Å². The van der Waals surface area contributed by atoms with Crippen LogP contribution in [0.5, 0.6) is 0 Å². The van der Waals surface area contributed by atoms with Crippen molar-refractivity contribution < 1.29 is 14.3 Å². The minimum absolute atomic E-state index is 0.186. The largest absolute Gasteiger partial charge is 0.376 e. The zero-order valence-electron chi connectivity index (χ0n) is 10.8. The number of carbonyl (C=O) groups is 2. The fourth-order valence-corrected chi connectivity index (χ4v) is 3.45. The van der Waals surface area contributed by atoms with Crippen molar-refractivity contribution >= 4 is 11.8 Å². The van der Waals surface area contributed by atoms with Crippen LogP contribution in [0.15, 0.2) is 0 Å². The number of imide groups is 1. The number of hydrogen-bond donors (Lipinski definition) is 1. The summed E-state index contributed by atoms with van der Waals surface area (Å²) in [7, 11) is 0. The Bertz CT molecular complexity index is 458. The van der Waals surface area contributed by atoms with Crippen molar-refractivity contribution in [2.24, 2.45) is 17.3 Å². The van der Waals surface area contributed by atoms with E-state index in [2.05, 4.69) is 5.32 Å². The third-order valence-electron chi connectivity index (χ3n) is 3.98. The molecular weight excluding hydrogens is 246 g/mol. The molecule has 100 valence electrons. The second-order valence-corrected chi connectivity index (χ2v) is 5.38. The molecule has 2 aliphatic rings. The first-order valence-corrected chi connectivity index (χ1v) is 6.24. The summed E-state index contributed by atoms with van der Waals surface area (Å²) in [5.74, 6) is -3.16. The second kappa shape index (κ2) is 4.64. The molecule has 0 bridgehead atoms. The van der Waals surface area contributed by atoms with E-state index in [0.29, 0.717) is 12.8 Å². The number of piperidine rings is 1. The van der Waals surface area contributed by atoms with E-state index < -0.39 is 29.1 Å². The Hall–Kier alpha value is -1.92. The molecule has 1 N–H and O–H groups in total. The standard InChI is InChI=1S/C13H15N3O3/c1-7-3-13(4-8(2)19-7)9(5-14)11(17)16-12(18)10(13)6-15/h7-10H,3-4H2,1-2H3,(H,16,17,18)/t7-,8+,9-,10+,13?. The van der Waals surface area contributed by atoms with Crippen LogP contribution in [0, 0.1) is 39.9 Å². The van der Waals surface area contributed by atoms with Crippen LogP contribution in [0.25, 0.3) is 0 Å². The first-order valence-electron chi connectivity index (χ1n) is 6.24. The minimum Gasteiger partial charge on any atom is -0.376 e. The molecule has 0 radical (unpaired) electrons. The van der Waals surface area contributed by atoms with Gasteiger partial charge in [-0.1, -0.05) is 0 Å². The van der Waals surface area contributed by atoms with Crippen LogP contribution < -0.4 is 5.32 Å². The molecule has 0 aliphatic carbocycles. The highest BCUT2D eigenvalue weighted by molar-refractivity contribution is 6.03. The highest BCUT2D eigenvalue weighted by Crippen LogP contribution is 2.50. The summed E-state index contributed by atoms with van der Waals surface area (Å²) >= 11 is 0. The Labute approximate surface area is 111 Å². The lowest BCUT2D eigenvalue weighted by atomic mass is 9.58. The molecule has 1 unspecified atom stereocenters. The van der Waals surface area contributed by atoms with E-state index in [1.165, 1.54) is 0 Å². The lowest BCUT2D eigenvalue weighted by molar-refractivity contribution is -0.160. The summed E-state index contributed by atoms with van der Waals surface area (Å²) in [6, 6.07) is 3.94. The zero-order chi connectivity index (χ0) is 14.2. The highest BCUT2D eigenvalue weighted by atomic mass is 16.5. The molecule has 0 aromatic carbocycles. The van der Waals surface area contributed by atoms with Gasteiger partial charge in [0.15, 0.2) is 0 Å². The predicted octanol–water partition coefficient (Wildman–Crippen LogP) is 0.496. The normalized spacial score (nSPS) is 42.3. The number of nitrogens with one attached hydrogen (secondary N) is 1. The minimum atomic E-state index is -0.983. The van der Waals surface area contributed by atoms with E-state index in [4.69, 9.17) is 4.74 Å². The van der Waals surface area contributed by atoms with Crippen LogP contribution in [0.4, 0.5) is 0 Å². The van der Waals surface area contributed by atoms with Gasteiger partial charge in [-0.2, -0.15) is 10.5 Å². The van der Waals surface area contributed by atoms with Gasteiger partial charge in [0.05, 0.1) is 24.3 Å². The van der Waals surface area contributed by atoms with Crippen LogP contribution in [0.2, 0.25) is 0 Å². The lowest BCUT2D eigenvalue weighted by Crippen LogP contribution is -2.60. The SMILES string of the molecule is C[C@@H]1CC2(C[C@H](C)O1)[C@H](C#N)C(=O)NC(=O)[C@@H]2C#N. The van der Waals surface area contributed by atoms with Gasteiger partial charge in [-0.3, -0.25) is 14.9 Å². The predicted molar refractivity (Wildman–Crippen MR) is 63.0 cm³/mol. The van der Waals surface area contributed by atoms with Crippen LogP contribution >= 0.6 is 0 Å². The zero-order valence-corrected chi connectivity index (χ0v) is 10.8. The fourth-order valence-electron chi connectivity index (χ4n) is 3.45. The van der Waals surface area contributed by atoms with Gasteiger partial charge in [0.1, 0.15) is 11.8 Å². The first kappa shape index (κ1) is 13.5. The molecule has 5 atom stereocenters. The van der Waals surface area contributed by atoms with Crippen LogP contribution in [0.3, 0.4) is 0 Å². The maximum absolute atomic E-state index is 11.9. The number of carbonyl (C=O) groups excluding carboxylic acids is 2. The topological polar surface area (TPSA) is 103 Å². The van der Waals surface area contributed by atoms with Gasteiger partial charge in [-0.05, 0) is 26.7 Å². The summed E-state index contributed by atoms with van der Waals surface area (Å²) in [5, 5.41) is 20.7.